The SMILES string of the molecule is C[C@H](Sc1ccc(O)cc1)C(=O)Nc1sc2c(c1C#N)CCCCC2. The second kappa shape index (κ2) is 7.94. The normalized spacial score (nSPS) is 14.9. The average molecular weight is 373 g/mol. The van der Waals surface area contributed by atoms with Crippen LogP contribution in [0, 0.1) is 11.3 Å². The van der Waals surface area contributed by atoms with Crippen molar-refractivity contribution in [1.29, 1.82) is 5.26 Å². The van der Waals surface area contributed by atoms with E-state index in [4.69, 9.17) is 0 Å². The van der Waals surface area contributed by atoms with Crippen molar-refractivity contribution in [2.24, 2.45) is 0 Å². The maximum atomic E-state index is 12.5. The van der Waals surface area contributed by atoms with E-state index in [-0.39, 0.29) is 16.9 Å². The number of hydrogen-bond donors (Lipinski definition) is 2. The van der Waals surface area contributed by atoms with Gasteiger partial charge >= 0.3 is 0 Å². The summed E-state index contributed by atoms with van der Waals surface area (Å²) in [6.45, 7) is 1.84. The molecule has 1 heterocycles. The van der Waals surface area contributed by atoms with Crippen LogP contribution in [0.15, 0.2) is 29.2 Å². The maximum absolute atomic E-state index is 12.5. The number of amides is 1. The molecule has 0 aliphatic heterocycles. The van der Waals surface area contributed by atoms with Crippen LogP contribution in [-0.2, 0) is 17.6 Å². The lowest BCUT2D eigenvalue weighted by Crippen LogP contribution is -2.22. The van der Waals surface area contributed by atoms with Gasteiger partial charge in [-0.2, -0.15) is 5.26 Å². The Labute approximate surface area is 155 Å². The molecule has 1 aliphatic carbocycles. The van der Waals surface area contributed by atoms with Crippen molar-refractivity contribution in [2.45, 2.75) is 49.2 Å². The van der Waals surface area contributed by atoms with E-state index in [2.05, 4.69) is 11.4 Å². The van der Waals surface area contributed by atoms with Gasteiger partial charge in [0.2, 0.25) is 5.91 Å². The number of fused-ring (bicyclic) bond motifs is 1. The smallest absolute Gasteiger partial charge is 0.238 e. The highest BCUT2D eigenvalue weighted by Crippen LogP contribution is 2.37. The number of hydrogen-bond acceptors (Lipinski definition) is 5. The third-order valence-electron chi connectivity index (χ3n) is 4.29. The zero-order valence-electron chi connectivity index (χ0n) is 14.0. The number of nitriles is 1. The molecule has 1 aliphatic rings. The lowest BCUT2D eigenvalue weighted by molar-refractivity contribution is -0.115. The van der Waals surface area contributed by atoms with Gasteiger partial charge in [-0.15, -0.1) is 23.1 Å². The van der Waals surface area contributed by atoms with Gasteiger partial charge in [-0.25, -0.2) is 0 Å². The predicted molar refractivity (Wildman–Crippen MR) is 102 cm³/mol. The van der Waals surface area contributed by atoms with Crippen molar-refractivity contribution in [2.75, 3.05) is 5.32 Å². The number of anilines is 1. The molecule has 0 radical (unpaired) electrons. The lowest BCUT2D eigenvalue weighted by atomic mass is 10.1. The van der Waals surface area contributed by atoms with Crippen LogP contribution in [0.1, 0.15) is 42.2 Å². The van der Waals surface area contributed by atoms with Gasteiger partial charge in [0.15, 0.2) is 0 Å². The quantitative estimate of drug-likeness (QED) is 0.602. The Morgan fingerprint density at radius 3 is 2.72 bits per heavy atom. The first-order valence-corrected chi connectivity index (χ1v) is 10.1. The van der Waals surface area contributed by atoms with Gasteiger partial charge in [0.1, 0.15) is 16.8 Å². The largest absolute Gasteiger partial charge is 0.508 e. The molecule has 1 aromatic carbocycles. The van der Waals surface area contributed by atoms with Gasteiger partial charge in [0.05, 0.1) is 10.8 Å². The predicted octanol–water partition coefficient (Wildman–Crippen LogP) is 4.71. The maximum Gasteiger partial charge on any atom is 0.238 e. The Balaban J connectivity index is 1.72. The Kier molecular flexibility index (Phi) is 5.67. The molecular formula is C19H20N2O2S2. The summed E-state index contributed by atoms with van der Waals surface area (Å²) < 4.78 is 0. The topological polar surface area (TPSA) is 73.1 Å². The van der Waals surface area contributed by atoms with E-state index in [0.717, 1.165) is 36.1 Å². The summed E-state index contributed by atoms with van der Waals surface area (Å²) in [5, 5.41) is 22.2. The zero-order chi connectivity index (χ0) is 17.8. The van der Waals surface area contributed by atoms with Gasteiger partial charge in [0.25, 0.3) is 0 Å². The van der Waals surface area contributed by atoms with Gasteiger partial charge in [0, 0.05) is 9.77 Å². The molecule has 1 atom stereocenters. The van der Waals surface area contributed by atoms with Crippen molar-refractivity contribution in [3.05, 3.63) is 40.3 Å². The summed E-state index contributed by atoms with van der Waals surface area (Å²) >= 11 is 2.99. The van der Waals surface area contributed by atoms with E-state index in [9.17, 15) is 15.2 Å². The van der Waals surface area contributed by atoms with Gasteiger partial charge in [-0.1, -0.05) is 6.42 Å². The summed E-state index contributed by atoms with van der Waals surface area (Å²) in [6.07, 6.45) is 5.40. The number of phenols is 1. The number of aromatic hydroxyl groups is 1. The van der Waals surface area contributed by atoms with Crippen molar-refractivity contribution >= 4 is 34.0 Å². The number of benzene rings is 1. The number of carbonyl (C=O) groups excluding carboxylic acids is 1. The molecule has 3 rings (SSSR count). The minimum absolute atomic E-state index is 0.106. The van der Waals surface area contributed by atoms with Crippen LogP contribution >= 0.6 is 23.1 Å². The van der Waals surface area contributed by atoms with Crippen LogP contribution in [0.2, 0.25) is 0 Å². The molecule has 2 N–H and O–H groups in total. The molecule has 0 saturated carbocycles. The molecule has 130 valence electrons. The molecule has 0 bridgehead atoms. The second-order valence-electron chi connectivity index (χ2n) is 6.12. The first-order valence-electron chi connectivity index (χ1n) is 8.39. The lowest BCUT2D eigenvalue weighted by Gasteiger charge is -2.11. The highest BCUT2D eigenvalue weighted by molar-refractivity contribution is 8.00. The molecule has 1 amide bonds. The molecule has 0 spiro atoms. The van der Waals surface area contributed by atoms with E-state index in [0.29, 0.717) is 10.6 Å². The van der Waals surface area contributed by atoms with Crippen LogP contribution in [0.25, 0.3) is 0 Å². The van der Waals surface area contributed by atoms with E-state index in [1.807, 2.05) is 6.92 Å². The van der Waals surface area contributed by atoms with Crippen molar-refractivity contribution in [1.82, 2.24) is 0 Å². The summed E-state index contributed by atoms with van der Waals surface area (Å²) in [6, 6.07) is 9.09. The van der Waals surface area contributed by atoms with Crippen LogP contribution in [0.4, 0.5) is 5.00 Å². The number of nitrogens with one attached hydrogen (secondary N) is 1. The van der Waals surface area contributed by atoms with Gasteiger partial charge < -0.3 is 10.4 Å². The second-order valence-corrected chi connectivity index (χ2v) is 8.64. The Bertz CT molecular complexity index is 806. The molecule has 2 aromatic rings. The summed E-state index contributed by atoms with van der Waals surface area (Å²) in [4.78, 5) is 14.7. The van der Waals surface area contributed by atoms with Crippen LogP contribution in [0.3, 0.4) is 0 Å². The van der Waals surface area contributed by atoms with Crippen molar-refractivity contribution < 1.29 is 9.90 Å². The van der Waals surface area contributed by atoms with E-state index < -0.39 is 0 Å². The molecule has 0 fully saturated rings. The van der Waals surface area contributed by atoms with Crippen molar-refractivity contribution in [3.8, 4) is 11.8 Å². The summed E-state index contributed by atoms with van der Waals surface area (Å²) in [5.41, 5.74) is 1.79. The average Bonchev–Trinajstić information content (AvgIpc) is 2.76. The third kappa shape index (κ3) is 4.17. The number of carbonyl (C=O) groups is 1. The molecule has 1 aromatic heterocycles. The van der Waals surface area contributed by atoms with Crippen LogP contribution in [0.5, 0.6) is 5.75 Å². The Hall–Kier alpha value is -1.97. The van der Waals surface area contributed by atoms with Crippen molar-refractivity contribution in [3.63, 3.8) is 0 Å². The number of thiophene rings is 1. The number of phenolic OH excluding ortho intramolecular Hbond substituents is 1. The van der Waals surface area contributed by atoms with Crippen LogP contribution < -0.4 is 5.32 Å². The van der Waals surface area contributed by atoms with E-state index in [1.165, 1.54) is 23.1 Å². The van der Waals surface area contributed by atoms with E-state index in [1.54, 1.807) is 35.6 Å². The van der Waals surface area contributed by atoms with Crippen LogP contribution in [-0.4, -0.2) is 16.3 Å². The third-order valence-corrected chi connectivity index (χ3v) is 6.61. The fraction of sp³-hybridized carbons (Fsp3) is 0.368. The summed E-state index contributed by atoms with van der Waals surface area (Å²) in [7, 11) is 0. The first-order chi connectivity index (χ1) is 12.1. The monoisotopic (exact) mass is 372 g/mol. The highest BCUT2D eigenvalue weighted by atomic mass is 32.2. The Morgan fingerprint density at radius 2 is 2.00 bits per heavy atom. The minimum Gasteiger partial charge on any atom is -0.508 e. The molecule has 6 heteroatoms. The minimum atomic E-state index is -0.294. The Morgan fingerprint density at radius 1 is 1.28 bits per heavy atom. The fourth-order valence-electron chi connectivity index (χ4n) is 2.94. The number of nitrogens with zero attached hydrogens (tertiary/aromatic N) is 1. The molecule has 0 unspecified atom stereocenters. The fourth-order valence-corrected chi connectivity index (χ4v) is 5.05. The van der Waals surface area contributed by atoms with Gasteiger partial charge in [-0.3, -0.25) is 4.79 Å². The molecule has 4 nitrogen and oxygen atoms in total. The zero-order valence-corrected chi connectivity index (χ0v) is 15.7. The molecular weight excluding hydrogens is 352 g/mol. The number of rotatable bonds is 4. The first kappa shape index (κ1) is 17.8. The molecule has 0 saturated heterocycles. The summed E-state index contributed by atoms with van der Waals surface area (Å²) in [5.74, 6) is 0.103. The van der Waals surface area contributed by atoms with E-state index >= 15 is 0 Å². The highest BCUT2D eigenvalue weighted by Gasteiger charge is 2.23. The number of thioether (sulfide) groups is 1. The molecule has 25 heavy (non-hydrogen) atoms. The standard InChI is InChI=1S/C19H20N2O2S2/c1-12(24-14-9-7-13(22)8-10-14)18(23)21-19-16(11-20)15-5-3-2-4-6-17(15)25-19/h7-10,12,22H,2-6H2,1H3,(H,21,23)/t12-/m0/s1. The number of aryl methyl sites for hydroxylation is 1. The van der Waals surface area contributed by atoms with Gasteiger partial charge in [-0.05, 0) is 62.4 Å².